The second-order valence-corrected chi connectivity index (χ2v) is 3.95. The van der Waals surface area contributed by atoms with Crippen LogP contribution in [0, 0.1) is 0 Å². The van der Waals surface area contributed by atoms with Crippen molar-refractivity contribution >= 4 is 11.4 Å². The minimum atomic E-state index is 0.754. The van der Waals surface area contributed by atoms with E-state index >= 15 is 0 Å². The Morgan fingerprint density at radius 2 is 2.06 bits per heavy atom. The van der Waals surface area contributed by atoms with Gasteiger partial charge in [-0.05, 0) is 6.07 Å². The van der Waals surface area contributed by atoms with Crippen LogP contribution in [-0.4, -0.2) is 17.0 Å². The molecule has 0 amide bonds. The van der Waals surface area contributed by atoms with Crippen LogP contribution in [0.1, 0.15) is 5.69 Å². The molecular formula is C12H12N4. The van der Waals surface area contributed by atoms with Gasteiger partial charge in [0.05, 0.1) is 29.3 Å². The topological polar surface area (TPSA) is 55.0 Å². The maximum atomic E-state index is 6.00. The molecule has 0 bridgehead atoms. The van der Waals surface area contributed by atoms with E-state index in [-0.39, 0.29) is 0 Å². The Bertz CT molecular complexity index is 550. The van der Waals surface area contributed by atoms with Crippen molar-refractivity contribution in [2.75, 3.05) is 17.7 Å². The molecular weight excluding hydrogens is 200 g/mol. The zero-order chi connectivity index (χ0) is 11.1. The van der Waals surface area contributed by atoms with E-state index < -0.39 is 0 Å². The predicted octanol–water partition coefficient (Wildman–Crippen LogP) is 1.68. The number of para-hydroxylation sites is 1. The quantitative estimate of drug-likeness (QED) is 0.675. The van der Waals surface area contributed by atoms with E-state index in [0.717, 1.165) is 34.9 Å². The first-order valence-corrected chi connectivity index (χ1v) is 5.17. The van der Waals surface area contributed by atoms with Crippen molar-refractivity contribution in [3.63, 3.8) is 0 Å². The molecule has 0 radical (unpaired) electrons. The predicted molar refractivity (Wildman–Crippen MR) is 64.0 cm³/mol. The zero-order valence-electron chi connectivity index (χ0n) is 9.01. The Balaban J connectivity index is 2.33. The maximum absolute atomic E-state index is 6.00. The molecule has 2 heterocycles. The minimum absolute atomic E-state index is 0.754. The van der Waals surface area contributed by atoms with Gasteiger partial charge in [0.2, 0.25) is 0 Å². The molecule has 0 atom stereocenters. The molecule has 0 unspecified atom stereocenters. The Morgan fingerprint density at radius 1 is 1.25 bits per heavy atom. The summed E-state index contributed by atoms with van der Waals surface area (Å²) in [6, 6.07) is 5.90. The fourth-order valence-electron chi connectivity index (χ4n) is 2.19. The van der Waals surface area contributed by atoms with E-state index in [1.807, 2.05) is 25.2 Å². The standard InChI is InChI=1S/C12H12N4/c1-16-7-10-11(15-6-5-14-10)8-3-2-4-9(13)12(8)16/h2-6H,7,13H2,1H3. The lowest BCUT2D eigenvalue weighted by Gasteiger charge is -2.29. The van der Waals surface area contributed by atoms with E-state index in [1.54, 1.807) is 12.4 Å². The normalized spacial score (nSPS) is 13.2. The molecule has 3 rings (SSSR count). The van der Waals surface area contributed by atoms with Gasteiger partial charge in [0.25, 0.3) is 0 Å². The van der Waals surface area contributed by atoms with Gasteiger partial charge in [0.1, 0.15) is 0 Å². The van der Waals surface area contributed by atoms with Gasteiger partial charge in [-0.25, -0.2) is 0 Å². The summed E-state index contributed by atoms with van der Waals surface area (Å²) in [7, 11) is 2.02. The third-order valence-corrected chi connectivity index (χ3v) is 2.87. The molecule has 1 aliphatic rings. The van der Waals surface area contributed by atoms with Crippen molar-refractivity contribution < 1.29 is 0 Å². The molecule has 1 aliphatic heterocycles. The molecule has 16 heavy (non-hydrogen) atoms. The van der Waals surface area contributed by atoms with Crippen LogP contribution in [0.3, 0.4) is 0 Å². The molecule has 80 valence electrons. The molecule has 1 aromatic carbocycles. The summed E-state index contributed by atoms with van der Waals surface area (Å²) < 4.78 is 0. The van der Waals surface area contributed by atoms with Crippen LogP contribution < -0.4 is 10.6 Å². The van der Waals surface area contributed by atoms with Crippen LogP contribution in [0.25, 0.3) is 11.3 Å². The molecule has 2 aromatic rings. The summed E-state index contributed by atoms with van der Waals surface area (Å²) in [5.74, 6) is 0. The average molecular weight is 212 g/mol. The summed E-state index contributed by atoms with van der Waals surface area (Å²) in [5, 5.41) is 0. The highest BCUT2D eigenvalue weighted by molar-refractivity contribution is 5.88. The number of hydrogen-bond acceptors (Lipinski definition) is 4. The summed E-state index contributed by atoms with van der Waals surface area (Å²) in [6.07, 6.45) is 3.45. The van der Waals surface area contributed by atoms with Crippen molar-refractivity contribution in [2.45, 2.75) is 6.54 Å². The number of nitrogen functional groups attached to an aromatic ring is 1. The van der Waals surface area contributed by atoms with E-state index in [2.05, 4.69) is 14.9 Å². The van der Waals surface area contributed by atoms with Gasteiger partial charge < -0.3 is 10.6 Å². The average Bonchev–Trinajstić information content (AvgIpc) is 2.29. The lowest BCUT2D eigenvalue weighted by Crippen LogP contribution is -2.24. The van der Waals surface area contributed by atoms with Gasteiger partial charge in [-0.3, -0.25) is 9.97 Å². The summed E-state index contributed by atoms with van der Waals surface area (Å²) in [6.45, 7) is 0.754. The van der Waals surface area contributed by atoms with Crippen molar-refractivity contribution in [1.29, 1.82) is 0 Å². The highest BCUT2D eigenvalue weighted by atomic mass is 15.1. The largest absolute Gasteiger partial charge is 0.397 e. The number of rotatable bonds is 0. The third kappa shape index (κ3) is 1.16. The number of aromatic nitrogens is 2. The molecule has 4 heteroatoms. The lowest BCUT2D eigenvalue weighted by molar-refractivity contribution is 0.861. The number of anilines is 2. The van der Waals surface area contributed by atoms with E-state index in [1.165, 1.54) is 0 Å². The molecule has 0 fully saturated rings. The smallest absolute Gasteiger partial charge is 0.0957 e. The summed E-state index contributed by atoms with van der Waals surface area (Å²) in [4.78, 5) is 10.9. The monoisotopic (exact) mass is 212 g/mol. The van der Waals surface area contributed by atoms with Gasteiger partial charge in [0, 0.05) is 25.0 Å². The fourth-order valence-corrected chi connectivity index (χ4v) is 2.19. The van der Waals surface area contributed by atoms with Crippen LogP contribution in [-0.2, 0) is 6.54 Å². The van der Waals surface area contributed by atoms with Crippen molar-refractivity contribution in [3.8, 4) is 11.3 Å². The first kappa shape index (κ1) is 9.15. The molecule has 0 spiro atoms. The van der Waals surface area contributed by atoms with Gasteiger partial charge >= 0.3 is 0 Å². The Kier molecular flexibility index (Phi) is 1.83. The van der Waals surface area contributed by atoms with Gasteiger partial charge in [-0.15, -0.1) is 0 Å². The molecule has 0 aliphatic carbocycles. The molecule has 1 aromatic heterocycles. The van der Waals surface area contributed by atoms with Gasteiger partial charge in [-0.1, -0.05) is 12.1 Å². The molecule has 0 saturated carbocycles. The van der Waals surface area contributed by atoms with Crippen molar-refractivity contribution in [1.82, 2.24) is 9.97 Å². The number of benzene rings is 1. The van der Waals surface area contributed by atoms with Gasteiger partial charge in [0.15, 0.2) is 0 Å². The second-order valence-electron chi connectivity index (χ2n) is 3.95. The van der Waals surface area contributed by atoms with Crippen LogP contribution in [0.15, 0.2) is 30.6 Å². The minimum Gasteiger partial charge on any atom is -0.397 e. The third-order valence-electron chi connectivity index (χ3n) is 2.87. The second kappa shape index (κ2) is 3.20. The fraction of sp³-hybridized carbons (Fsp3) is 0.167. The van der Waals surface area contributed by atoms with E-state index in [0.29, 0.717) is 0 Å². The van der Waals surface area contributed by atoms with Crippen LogP contribution in [0.4, 0.5) is 11.4 Å². The molecule has 0 saturated heterocycles. The zero-order valence-corrected chi connectivity index (χ0v) is 9.01. The first-order chi connectivity index (χ1) is 7.77. The molecule has 4 nitrogen and oxygen atoms in total. The number of nitrogens with two attached hydrogens (primary N) is 1. The van der Waals surface area contributed by atoms with Crippen molar-refractivity contribution in [2.24, 2.45) is 0 Å². The SMILES string of the molecule is CN1Cc2nccnc2-c2cccc(N)c21. The van der Waals surface area contributed by atoms with Gasteiger partial charge in [-0.2, -0.15) is 0 Å². The van der Waals surface area contributed by atoms with E-state index in [4.69, 9.17) is 5.73 Å². The summed E-state index contributed by atoms with van der Waals surface area (Å²) in [5.41, 5.74) is 10.9. The Labute approximate surface area is 93.8 Å². The van der Waals surface area contributed by atoms with Crippen LogP contribution in [0.2, 0.25) is 0 Å². The van der Waals surface area contributed by atoms with Crippen LogP contribution >= 0.6 is 0 Å². The Morgan fingerprint density at radius 3 is 2.94 bits per heavy atom. The number of hydrogen-bond donors (Lipinski definition) is 1. The molecule has 2 N–H and O–H groups in total. The number of fused-ring (bicyclic) bond motifs is 3. The first-order valence-electron chi connectivity index (χ1n) is 5.17. The number of nitrogens with zero attached hydrogens (tertiary/aromatic N) is 3. The van der Waals surface area contributed by atoms with Crippen molar-refractivity contribution in [3.05, 3.63) is 36.3 Å². The lowest BCUT2D eigenvalue weighted by atomic mass is 10.0. The Hall–Kier alpha value is -2.10. The van der Waals surface area contributed by atoms with Crippen LogP contribution in [0.5, 0.6) is 0 Å². The highest BCUT2D eigenvalue weighted by Crippen LogP contribution is 2.39. The van der Waals surface area contributed by atoms with E-state index in [9.17, 15) is 0 Å². The maximum Gasteiger partial charge on any atom is 0.0957 e. The summed E-state index contributed by atoms with van der Waals surface area (Å²) >= 11 is 0. The highest BCUT2D eigenvalue weighted by Gasteiger charge is 2.22.